The number of rotatable bonds is 3. The molecule has 0 saturated heterocycles. The lowest BCUT2D eigenvalue weighted by atomic mass is 10.1. The number of aryl methyl sites for hydroxylation is 1. The SMILES string of the molecule is CC(=O)NCc1c(-c2ccc(C)cc2)nc2ccc3ccccc3n12. The lowest BCUT2D eigenvalue weighted by Gasteiger charge is -2.09. The molecule has 124 valence electrons. The number of fused-ring (bicyclic) bond motifs is 3. The predicted octanol–water partition coefficient (Wildman–Crippen LogP) is 4.10. The standard InChI is InChI=1S/C21H19N3O/c1-14-7-9-17(10-8-14)21-19(13-22-15(2)25)24-18-6-4-3-5-16(18)11-12-20(24)23-21/h3-12H,13H2,1-2H3,(H,22,25). The summed E-state index contributed by atoms with van der Waals surface area (Å²) in [5.41, 5.74) is 6.14. The van der Waals surface area contributed by atoms with E-state index in [0.29, 0.717) is 6.54 Å². The first kappa shape index (κ1) is 15.4. The van der Waals surface area contributed by atoms with Crippen molar-refractivity contribution in [3.63, 3.8) is 0 Å². The Morgan fingerprint density at radius 1 is 1.04 bits per heavy atom. The number of benzene rings is 2. The lowest BCUT2D eigenvalue weighted by Crippen LogP contribution is -2.20. The first-order chi connectivity index (χ1) is 12.1. The topological polar surface area (TPSA) is 46.4 Å². The van der Waals surface area contributed by atoms with Crippen LogP contribution in [0.25, 0.3) is 27.8 Å². The number of carbonyl (C=O) groups is 1. The summed E-state index contributed by atoms with van der Waals surface area (Å²) in [4.78, 5) is 16.3. The largest absolute Gasteiger partial charge is 0.351 e. The van der Waals surface area contributed by atoms with Crippen molar-refractivity contribution in [2.75, 3.05) is 0 Å². The average molecular weight is 329 g/mol. The Morgan fingerprint density at radius 3 is 2.56 bits per heavy atom. The van der Waals surface area contributed by atoms with Crippen molar-refractivity contribution >= 4 is 22.5 Å². The second kappa shape index (κ2) is 6.06. The van der Waals surface area contributed by atoms with Gasteiger partial charge < -0.3 is 5.32 Å². The van der Waals surface area contributed by atoms with Crippen molar-refractivity contribution in [3.8, 4) is 11.3 Å². The molecule has 0 radical (unpaired) electrons. The van der Waals surface area contributed by atoms with Crippen LogP contribution in [0.4, 0.5) is 0 Å². The van der Waals surface area contributed by atoms with Crippen LogP contribution in [0.5, 0.6) is 0 Å². The summed E-state index contributed by atoms with van der Waals surface area (Å²) in [6, 6.07) is 20.7. The number of imidazole rings is 1. The van der Waals surface area contributed by atoms with Crippen LogP contribution in [0.15, 0.2) is 60.7 Å². The van der Waals surface area contributed by atoms with Crippen LogP contribution in [0, 0.1) is 6.92 Å². The molecule has 2 heterocycles. The van der Waals surface area contributed by atoms with E-state index in [9.17, 15) is 4.79 Å². The summed E-state index contributed by atoms with van der Waals surface area (Å²) in [6.07, 6.45) is 0. The molecule has 0 aliphatic heterocycles. The number of hydrogen-bond acceptors (Lipinski definition) is 2. The van der Waals surface area contributed by atoms with Gasteiger partial charge in [0.05, 0.1) is 23.4 Å². The Hall–Kier alpha value is -3.14. The molecule has 1 N–H and O–H groups in total. The summed E-state index contributed by atoms with van der Waals surface area (Å²) in [5.74, 6) is -0.0509. The van der Waals surface area contributed by atoms with Gasteiger partial charge in [0.1, 0.15) is 5.65 Å². The van der Waals surface area contributed by atoms with E-state index in [1.165, 1.54) is 12.5 Å². The molecule has 0 aliphatic carbocycles. The predicted molar refractivity (Wildman–Crippen MR) is 100 cm³/mol. The van der Waals surface area contributed by atoms with Crippen LogP contribution in [-0.2, 0) is 11.3 Å². The highest BCUT2D eigenvalue weighted by atomic mass is 16.1. The highest BCUT2D eigenvalue weighted by Gasteiger charge is 2.16. The Kier molecular flexibility index (Phi) is 3.73. The first-order valence-electron chi connectivity index (χ1n) is 8.34. The molecule has 0 unspecified atom stereocenters. The molecule has 0 saturated carbocycles. The zero-order valence-electron chi connectivity index (χ0n) is 14.3. The minimum absolute atomic E-state index is 0.0509. The molecule has 2 aromatic heterocycles. The number of aromatic nitrogens is 2. The molecule has 4 heteroatoms. The van der Waals surface area contributed by atoms with Gasteiger partial charge in [-0.25, -0.2) is 4.98 Å². The maximum atomic E-state index is 11.5. The minimum atomic E-state index is -0.0509. The van der Waals surface area contributed by atoms with Gasteiger partial charge in [-0.2, -0.15) is 0 Å². The fourth-order valence-corrected chi connectivity index (χ4v) is 3.16. The van der Waals surface area contributed by atoms with Crippen molar-refractivity contribution in [3.05, 3.63) is 71.9 Å². The summed E-state index contributed by atoms with van der Waals surface area (Å²) in [5, 5.41) is 4.07. The van der Waals surface area contributed by atoms with Crippen LogP contribution >= 0.6 is 0 Å². The quantitative estimate of drug-likeness (QED) is 0.615. The number of amides is 1. The van der Waals surface area contributed by atoms with E-state index < -0.39 is 0 Å². The Labute approximate surface area is 146 Å². The van der Waals surface area contributed by atoms with Gasteiger partial charge in [-0.15, -0.1) is 0 Å². The van der Waals surface area contributed by atoms with Crippen LogP contribution < -0.4 is 5.32 Å². The Balaban J connectivity index is 2.01. The van der Waals surface area contributed by atoms with Gasteiger partial charge in [0.15, 0.2) is 0 Å². The number of para-hydroxylation sites is 1. The molecule has 25 heavy (non-hydrogen) atoms. The summed E-state index contributed by atoms with van der Waals surface area (Å²) >= 11 is 0. The van der Waals surface area contributed by atoms with E-state index in [1.807, 2.05) is 18.2 Å². The van der Waals surface area contributed by atoms with Gasteiger partial charge >= 0.3 is 0 Å². The highest BCUT2D eigenvalue weighted by molar-refractivity contribution is 5.84. The normalized spacial score (nSPS) is 11.1. The molecule has 2 aromatic carbocycles. The van der Waals surface area contributed by atoms with Crippen LogP contribution in [0.1, 0.15) is 18.2 Å². The maximum absolute atomic E-state index is 11.5. The van der Waals surface area contributed by atoms with E-state index >= 15 is 0 Å². The van der Waals surface area contributed by atoms with Gasteiger partial charge in [-0.1, -0.05) is 48.0 Å². The van der Waals surface area contributed by atoms with Crippen molar-refractivity contribution in [2.45, 2.75) is 20.4 Å². The fourth-order valence-electron chi connectivity index (χ4n) is 3.16. The van der Waals surface area contributed by atoms with E-state index in [2.05, 4.69) is 59.1 Å². The third-order valence-corrected chi connectivity index (χ3v) is 4.42. The molecular formula is C21H19N3O. The van der Waals surface area contributed by atoms with Crippen LogP contribution in [-0.4, -0.2) is 15.3 Å². The minimum Gasteiger partial charge on any atom is -0.351 e. The van der Waals surface area contributed by atoms with Gasteiger partial charge in [-0.05, 0) is 30.5 Å². The smallest absolute Gasteiger partial charge is 0.217 e. The van der Waals surface area contributed by atoms with Gasteiger partial charge in [-0.3, -0.25) is 9.20 Å². The average Bonchev–Trinajstić information content (AvgIpc) is 2.99. The van der Waals surface area contributed by atoms with Gasteiger partial charge in [0, 0.05) is 12.5 Å². The van der Waals surface area contributed by atoms with Gasteiger partial charge in [0.25, 0.3) is 0 Å². The van der Waals surface area contributed by atoms with E-state index in [1.54, 1.807) is 0 Å². The summed E-state index contributed by atoms with van der Waals surface area (Å²) in [6.45, 7) is 4.04. The molecule has 0 fully saturated rings. The molecule has 0 bridgehead atoms. The monoisotopic (exact) mass is 329 g/mol. The Morgan fingerprint density at radius 2 is 1.80 bits per heavy atom. The molecule has 4 rings (SSSR count). The molecule has 1 amide bonds. The van der Waals surface area contributed by atoms with E-state index in [4.69, 9.17) is 4.98 Å². The third kappa shape index (κ3) is 2.76. The maximum Gasteiger partial charge on any atom is 0.217 e. The van der Waals surface area contributed by atoms with E-state index in [0.717, 1.165) is 33.5 Å². The molecule has 0 spiro atoms. The lowest BCUT2D eigenvalue weighted by molar-refractivity contribution is -0.119. The molecule has 0 atom stereocenters. The number of nitrogens with one attached hydrogen (secondary N) is 1. The molecular weight excluding hydrogens is 310 g/mol. The van der Waals surface area contributed by atoms with Crippen LogP contribution in [0.3, 0.4) is 0 Å². The number of carbonyl (C=O) groups excluding carboxylic acids is 1. The third-order valence-electron chi connectivity index (χ3n) is 4.42. The number of hydrogen-bond donors (Lipinski definition) is 1. The zero-order chi connectivity index (χ0) is 17.4. The fraction of sp³-hybridized carbons (Fsp3) is 0.143. The zero-order valence-corrected chi connectivity index (χ0v) is 14.3. The summed E-state index contributed by atoms with van der Waals surface area (Å²) in [7, 11) is 0. The Bertz CT molecular complexity index is 1080. The second-order valence-electron chi connectivity index (χ2n) is 6.27. The van der Waals surface area contributed by atoms with Crippen molar-refractivity contribution in [1.82, 2.24) is 14.7 Å². The van der Waals surface area contributed by atoms with Crippen molar-refractivity contribution in [2.24, 2.45) is 0 Å². The van der Waals surface area contributed by atoms with Crippen molar-refractivity contribution < 1.29 is 4.79 Å². The number of nitrogens with zero attached hydrogens (tertiary/aromatic N) is 2. The molecule has 4 aromatic rings. The molecule has 0 aliphatic rings. The van der Waals surface area contributed by atoms with E-state index in [-0.39, 0.29) is 5.91 Å². The second-order valence-corrected chi connectivity index (χ2v) is 6.27. The first-order valence-corrected chi connectivity index (χ1v) is 8.34. The number of pyridine rings is 1. The van der Waals surface area contributed by atoms with Crippen LogP contribution in [0.2, 0.25) is 0 Å². The highest BCUT2D eigenvalue weighted by Crippen LogP contribution is 2.28. The molecule has 4 nitrogen and oxygen atoms in total. The van der Waals surface area contributed by atoms with Gasteiger partial charge in [0.2, 0.25) is 5.91 Å². The van der Waals surface area contributed by atoms with Crippen molar-refractivity contribution in [1.29, 1.82) is 0 Å². The summed E-state index contributed by atoms with van der Waals surface area (Å²) < 4.78 is 2.14.